The third-order valence-electron chi connectivity index (χ3n) is 6.05. The first-order valence-electron chi connectivity index (χ1n) is 12.1. The molecule has 4 rings (SSSR count). The fraction of sp³-hybridized carbons (Fsp3) is 0.321. The zero-order valence-electron chi connectivity index (χ0n) is 22.2. The van der Waals surface area contributed by atoms with E-state index in [1.54, 1.807) is 65.5 Å². The van der Waals surface area contributed by atoms with Crippen molar-refractivity contribution in [2.24, 2.45) is 4.99 Å². The van der Waals surface area contributed by atoms with E-state index in [1.807, 2.05) is 19.1 Å². The Morgan fingerprint density at radius 3 is 2.42 bits per heavy atom. The number of hydrogen-bond donors (Lipinski definition) is 0. The Kier molecular flexibility index (Phi) is 8.21. The summed E-state index contributed by atoms with van der Waals surface area (Å²) in [7, 11) is 4.69. The van der Waals surface area contributed by atoms with Crippen LogP contribution in [0.25, 0.3) is 6.08 Å². The number of benzene rings is 2. The van der Waals surface area contributed by atoms with E-state index in [9.17, 15) is 9.59 Å². The number of carbonyl (C=O) groups is 1. The molecule has 0 spiro atoms. The van der Waals surface area contributed by atoms with Crippen molar-refractivity contribution in [3.05, 3.63) is 78.5 Å². The van der Waals surface area contributed by atoms with Crippen molar-refractivity contribution >= 4 is 23.4 Å². The minimum Gasteiger partial charge on any atom is -0.497 e. The van der Waals surface area contributed by atoms with Gasteiger partial charge in [-0.25, -0.2) is 9.79 Å². The number of ether oxygens (including phenoxy) is 5. The molecular weight excluding hydrogens is 508 g/mol. The van der Waals surface area contributed by atoms with Crippen molar-refractivity contribution in [3.8, 4) is 23.0 Å². The van der Waals surface area contributed by atoms with E-state index in [4.69, 9.17) is 23.7 Å². The molecule has 1 aromatic heterocycles. The van der Waals surface area contributed by atoms with Crippen LogP contribution in [0.1, 0.15) is 37.9 Å². The molecule has 2 heterocycles. The fourth-order valence-corrected chi connectivity index (χ4v) is 5.35. The molecule has 1 atom stereocenters. The van der Waals surface area contributed by atoms with Gasteiger partial charge in [-0.3, -0.25) is 9.36 Å². The first-order valence-corrected chi connectivity index (χ1v) is 12.9. The van der Waals surface area contributed by atoms with Crippen LogP contribution in [0.2, 0.25) is 0 Å². The van der Waals surface area contributed by atoms with E-state index in [0.29, 0.717) is 61.3 Å². The van der Waals surface area contributed by atoms with Crippen LogP contribution in [0.5, 0.6) is 23.0 Å². The van der Waals surface area contributed by atoms with Crippen LogP contribution < -0.4 is 33.8 Å². The summed E-state index contributed by atoms with van der Waals surface area (Å²) in [4.78, 5) is 32.1. The van der Waals surface area contributed by atoms with Crippen LogP contribution in [0, 0.1) is 0 Å². The summed E-state index contributed by atoms with van der Waals surface area (Å²) in [6, 6.07) is 9.96. The Bertz CT molecular complexity index is 1570. The molecule has 1 aliphatic heterocycles. The molecule has 0 bridgehead atoms. The van der Waals surface area contributed by atoms with Gasteiger partial charge in [-0.05, 0) is 56.7 Å². The highest BCUT2D eigenvalue weighted by atomic mass is 32.1. The van der Waals surface area contributed by atoms with Gasteiger partial charge in [-0.1, -0.05) is 17.4 Å². The van der Waals surface area contributed by atoms with Gasteiger partial charge >= 0.3 is 5.97 Å². The molecule has 0 radical (unpaired) electrons. The zero-order chi connectivity index (χ0) is 27.4. The van der Waals surface area contributed by atoms with Crippen molar-refractivity contribution in [2.75, 3.05) is 34.5 Å². The molecule has 3 aromatic rings. The first kappa shape index (κ1) is 27.0. The molecule has 0 N–H and O–H groups in total. The van der Waals surface area contributed by atoms with E-state index in [2.05, 4.69) is 4.99 Å². The van der Waals surface area contributed by atoms with Gasteiger partial charge in [0.15, 0.2) is 16.3 Å². The zero-order valence-corrected chi connectivity index (χ0v) is 23.0. The lowest BCUT2D eigenvalue weighted by Crippen LogP contribution is -2.40. The summed E-state index contributed by atoms with van der Waals surface area (Å²) in [6.07, 6.45) is 1.75. The highest BCUT2D eigenvalue weighted by Crippen LogP contribution is 2.36. The highest BCUT2D eigenvalue weighted by Gasteiger charge is 2.34. The monoisotopic (exact) mass is 538 g/mol. The molecule has 0 saturated heterocycles. The van der Waals surface area contributed by atoms with Crippen LogP contribution in [0.3, 0.4) is 0 Å². The third kappa shape index (κ3) is 5.04. The van der Waals surface area contributed by atoms with Gasteiger partial charge < -0.3 is 23.7 Å². The predicted molar refractivity (Wildman–Crippen MR) is 144 cm³/mol. The van der Waals surface area contributed by atoms with Crippen LogP contribution in [-0.4, -0.2) is 45.1 Å². The predicted octanol–water partition coefficient (Wildman–Crippen LogP) is 3.22. The standard InChI is InChI=1S/C28H30N2O7S/c1-7-36-22-13-18(10-12-20(22)34-5)25-24(27(32)37-8-2)16(3)29-28-30(25)26(31)23(38-28)14-17-9-11-19(33-4)15-21(17)35-6/h9-15,25H,7-8H2,1-6H3/t25-/m1/s1. The number of carbonyl (C=O) groups excluding carboxylic acids is 1. The lowest BCUT2D eigenvalue weighted by molar-refractivity contribution is -0.139. The van der Waals surface area contributed by atoms with Crippen molar-refractivity contribution in [3.63, 3.8) is 0 Å². The molecule has 0 amide bonds. The number of nitrogens with zero attached hydrogens (tertiary/aromatic N) is 2. The molecule has 200 valence electrons. The van der Waals surface area contributed by atoms with Crippen molar-refractivity contribution < 1.29 is 28.5 Å². The fourth-order valence-electron chi connectivity index (χ4n) is 4.32. The minimum atomic E-state index is -0.768. The summed E-state index contributed by atoms with van der Waals surface area (Å²) in [6.45, 7) is 5.97. The number of hydrogen-bond acceptors (Lipinski definition) is 9. The highest BCUT2D eigenvalue weighted by molar-refractivity contribution is 7.07. The van der Waals surface area contributed by atoms with Gasteiger partial charge in [0.05, 0.1) is 56.4 Å². The lowest BCUT2D eigenvalue weighted by atomic mass is 9.95. The number of fused-ring (bicyclic) bond motifs is 1. The maximum Gasteiger partial charge on any atom is 0.338 e. The van der Waals surface area contributed by atoms with E-state index in [1.165, 1.54) is 15.9 Å². The second-order valence-electron chi connectivity index (χ2n) is 8.25. The topological polar surface area (TPSA) is 97.6 Å². The van der Waals surface area contributed by atoms with Gasteiger partial charge in [0.2, 0.25) is 0 Å². The van der Waals surface area contributed by atoms with Crippen molar-refractivity contribution in [1.29, 1.82) is 0 Å². The van der Waals surface area contributed by atoms with Crippen LogP contribution >= 0.6 is 11.3 Å². The van der Waals surface area contributed by atoms with Gasteiger partial charge in [-0.2, -0.15) is 0 Å². The number of thiazole rings is 1. The number of aromatic nitrogens is 1. The molecule has 0 saturated carbocycles. The summed E-state index contributed by atoms with van der Waals surface area (Å²) < 4.78 is 29.4. The lowest BCUT2D eigenvalue weighted by Gasteiger charge is -2.25. The quantitative estimate of drug-likeness (QED) is 0.386. The molecule has 0 unspecified atom stereocenters. The number of rotatable bonds is 9. The maximum atomic E-state index is 13.9. The summed E-state index contributed by atoms with van der Waals surface area (Å²) >= 11 is 1.24. The number of esters is 1. The van der Waals surface area contributed by atoms with Crippen LogP contribution in [-0.2, 0) is 9.53 Å². The normalized spacial score (nSPS) is 15.0. The molecule has 0 aliphatic carbocycles. The van der Waals surface area contributed by atoms with E-state index in [0.717, 1.165) is 0 Å². The first-order chi connectivity index (χ1) is 18.4. The Labute approximate surface area is 224 Å². The molecule has 2 aromatic carbocycles. The SMILES string of the molecule is CCOC(=O)C1=C(C)N=c2sc(=Cc3ccc(OC)cc3OC)c(=O)n2[C@@H]1c1ccc(OC)c(OCC)c1. The van der Waals surface area contributed by atoms with Crippen molar-refractivity contribution in [1.82, 2.24) is 4.57 Å². The number of methoxy groups -OCH3 is 3. The second-order valence-corrected chi connectivity index (χ2v) is 9.26. The summed E-state index contributed by atoms with van der Waals surface area (Å²) in [5.41, 5.74) is 1.86. The molecule has 0 fully saturated rings. The van der Waals surface area contributed by atoms with E-state index < -0.39 is 12.0 Å². The van der Waals surface area contributed by atoms with Gasteiger partial charge in [0, 0.05) is 11.6 Å². The Balaban J connectivity index is 1.96. The third-order valence-corrected chi connectivity index (χ3v) is 7.03. The summed E-state index contributed by atoms with van der Waals surface area (Å²) in [5, 5.41) is 0. The van der Waals surface area contributed by atoms with Gasteiger partial charge in [0.25, 0.3) is 5.56 Å². The van der Waals surface area contributed by atoms with Gasteiger partial charge in [0.1, 0.15) is 11.5 Å². The molecular formula is C28H30N2O7S. The second kappa shape index (κ2) is 11.6. The average Bonchev–Trinajstić information content (AvgIpc) is 3.22. The van der Waals surface area contributed by atoms with Gasteiger partial charge in [-0.15, -0.1) is 0 Å². The van der Waals surface area contributed by atoms with Crippen molar-refractivity contribution in [2.45, 2.75) is 26.8 Å². The van der Waals surface area contributed by atoms with Crippen LogP contribution in [0.15, 0.2) is 57.5 Å². The summed E-state index contributed by atoms with van der Waals surface area (Å²) in [5.74, 6) is 1.73. The Morgan fingerprint density at radius 2 is 1.76 bits per heavy atom. The average molecular weight is 539 g/mol. The largest absolute Gasteiger partial charge is 0.497 e. The molecule has 9 nitrogen and oxygen atoms in total. The van der Waals surface area contributed by atoms with E-state index >= 15 is 0 Å². The smallest absolute Gasteiger partial charge is 0.338 e. The Hall–Kier alpha value is -4.05. The number of allylic oxidation sites excluding steroid dienone is 1. The maximum absolute atomic E-state index is 13.9. The Morgan fingerprint density at radius 1 is 1.00 bits per heavy atom. The van der Waals surface area contributed by atoms with E-state index in [-0.39, 0.29) is 12.2 Å². The van der Waals surface area contributed by atoms with Crippen LogP contribution in [0.4, 0.5) is 0 Å². The minimum absolute atomic E-state index is 0.191. The molecule has 10 heteroatoms. The molecule has 1 aliphatic rings. The molecule has 38 heavy (non-hydrogen) atoms.